The molecule has 1 aliphatic rings. The number of alkyl halides is 3. The van der Waals surface area contributed by atoms with Gasteiger partial charge in [-0.3, -0.25) is 4.90 Å². The molecule has 0 spiro atoms. The van der Waals surface area contributed by atoms with Crippen molar-refractivity contribution >= 4 is 11.8 Å². The molecule has 1 aromatic carbocycles. The Bertz CT molecular complexity index is 401. The summed E-state index contributed by atoms with van der Waals surface area (Å²) in [6.07, 6.45) is -4.29. The Hall–Kier alpha value is -0.780. The van der Waals surface area contributed by atoms with Crippen molar-refractivity contribution in [2.75, 3.05) is 26.2 Å². The fourth-order valence-corrected chi connectivity index (χ4v) is 2.21. The second-order valence-corrected chi connectivity index (χ2v) is 4.82. The smallest absolute Gasteiger partial charge is 0.296 e. The minimum absolute atomic E-state index is 0.320. The fourth-order valence-electron chi connectivity index (χ4n) is 2.06. The van der Waals surface area contributed by atoms with E-state index in [-0.39, 0.29) is 0 Å². The quantitative estimate of drug-likeness (QED) is 0.768. The summed E-state index contributed by atoms with van der Waals surface area (Å²) < 4.78 is 40.1. The molecule has 18 heavy (non-hydrogen) atoms. The number of piperazine rings is 1. The second-order valence-electron chi connectivity index (χ2n) is 4.34. The van der Waals surface area contributed by atoms with Crippen molar-refractivity contribution in [3.63, 3.8) is 0 Å². The van der Waals surface area contributed by atoms with E-state index in [1.54, 1.807) is 10.5 Å². The molecule has 0 N–H and O–H groups in total. The van der Waals surface area contributed by atoms with Crippen molar-refractivity contribution in [1.82, 2.24) is 9.32 Å². The summed E-state index contributed by atoms with van der Waals surface area (Å²) in [5.74, 6) is 0. The SMILES string of the molecule is FC(F)(F)c1ccccc1CN1CCN(Cl)CC1. The van der Waals surface area contributed by atoms with Crippen LogP contribution in [0.5, 0.6) is 0 Å². The Morgan fingerprint density at radius 1 is 1.06 bits per heavy atom. The molecule has 1 fully saturated rings. The van der Waals surface area contributed by atoms with Gasteiger partial charge in [-0.1, -0.05) is 18.2 Å². The maximum atomic E-state index is 12.8. The van der Waals surface area contributed by atoms with Crippen molar-refractivity contribution in [3.05, 3.63) is 35.4 Å². The summed E-state index contributed by atoms with van der Waals surface area (Å²) >= 11 is 5.82. The van der Waals surface area contributed by atoms with Crippen LogP contribution in [0.2, 0.25) is 0 Å². The molecule has 0 bridgehead atoms. The summed E-state index contributed by atoms with van der Waals surface area (Å²) in [4.78, 5) is 1.99. The van der Waals surface area contributed by atoms with E-state index < -0.39 is 11.7 Å². The lowest BCUT2D eigenvalue weighted by atomic mass is 10.1. The Kier molecular flexibility index (Phi) is 4.14. The summed E-state index contributed by atoms with van der Waals surface area (Å²) in [5, 5.41) is 0. The molecular formula is C12H14ClF3N2. The molecule has 1 aliphatic heterocycles. The highest BCUT2D eigenvalue weighted by atomic mass is 35.5. The number of benzene rings is 1. The number of rotatable bonds is 2. The first-order valence-corrected chi connectivity index (χ1v) is 6.09. The van der Waals surface area contributed by atoms with E-state index in [0.29, 0.717) is 38.3 Å². The lowest BCUT2D eigenvalue weighted by Crippen LogP contribution is -2.42. The predicted molar refractivity (Wildman–Crippen MR) is 64.1 cm³/mol. The monoisotopic (exact) mass is 278 g/mol. The molecular weight excluding hydrogens is 265 g/mol. The molecule has 0 radical (unpaired) electrons. The van der Waals surface area contributed by atoms with E-state index in [0.717, 1.165) is 6.07 Å². The predicted octanol–water partition coefficient (Wildman–Crippen LogP) is 2.98. The van der Waals surface area contributed by atoms with Crippen LogP contribution in [0.3, 0.4) is 0 Å². The number of nitrogens with zero attached hydrogens (tertiary/aromatic N) is 2. The van der Waals surface area contributed by atoms with Crippen LogP contribution in [-0.4, -0.2) is 35.5 Å². The van der Waals surface area contributed by atoms with E-state index in [2.05, 4.69) is 0 Å². The van der Waals surface area contributed by atoms with E-state index >= 15 is 0 Å². The highest BCUT2D eigenvalue weighted by Gasteiger charge is 2.33. The molecule has 0 atom stereocenters. The van der Waals surface area contributed by atoms with Crippen LogP contribution >= 0.6 is 11.8 Å². The average molecular weight is 279 g/mol. The van der Waals surface area contributed by atoms with Crippen LogP contribution < -0.4 is 0 Å². The summed E-state index contributed by atoms with van der Waals surface area (Å²) in [6, 6.07) is 5.73. The Balaban J connectivity index is 2.10. The zero-order valence-corrected chi connectivity index (χ0v) is 10.5. The zero-order chi connectivity index (χ0) is 13.2. The Morgan fingerprint density at radius 3 is 2.28 bits per heavy atom. The third-order valence-corrected chi connectivity index (χ3v) is 3.37. The molecule has 1 aromatic rings. The molecule has 1 saturated heterocycles. The van der Waals surface area contributed by atoms with Crippen LogP contribution in [0.4, 0.5) is 13.2 Å². The van der Waals surface area contributed by atoms with Crippen molar-refractivity contribution < 1.29 is 13.2 Å². The maximum absolute atomic E-state index is 12.8. The molecule has 2 rings (SSSR count). The van der Waals surface area contributed by atoms with Gasteiger partial charge in [0.15, 0.2) is 0 Å². The lowest BCUT2D eigenvalue weighted by Gasteiger charge is -2.31. The summed E-state index contributed by atoms with van der Waals surface area (Å²) in [7, 11) is 0. The second kappa shape index (κ2) is 5.47. The largest absolute Gasteiger partial charge is 0.416 e. The Morgan fingerprint density at radius 2 is 1.67 bits per heavy atom. The molecule has 0 amide bonds. The van der Waals surface area contributed by atoms with Crippen molar-refractivity contribution in [2.45, 2.75) is 12.7 Å². The standard InChI is InChI=1S/C12H14ClF3N2/c13-18-7-5-17(6-8-18)9-10-3-1-2-4-11(10)12(14,15)16/h1-4H,5-9H2. The normalized spacial score (nSPS) is 19.1. The Labute approximate surface area is 109 Å². The van der Waals surface area contributed by atoms with Crippen molar-refractivity contribution in [1.29, 1.82) is 0 Å². The number of hydrogen-bond acceptors (Lipinski definition) is 2. The third kappa shape index (κ3) is 3.37. The van der Waals surface area contributed by atoms with Crippen LogP contribution in [0, 0.1) is 0 Å². The van der Waals surface area contributed by atoms with Crippen molar-refractivity contribution in [2.24, 2.45) is 0 Å². The van der Waals surface area contributed by atoms with Gasteiger partial charge < -0.3 is 0 Å². The minimum atomic E-state index is -4.29. The van der Waals surface area contributed by atoms with Gasteiger partial charge in [-0.15, -0.1) is 0 Å². The first-order valence-electron chi connectivity index (χ1n) is 5.75. The van der Waals surface area contributed by atoms with Gasteiger partial charge >= 0.3 is 6.18 Å². The average Bonchev–Trinajstić information content (AvgIpc) is 2.31. The van der Waals surface area contributed by atoms with Gasteiger partial charge in [-0.05, 0) is 23.4 Å². The molecule has 1 heterocycles. The molecule has 100 valence electrons. The van der Waals surface area contributed by atoms with Gasteiger partial charge in [-0.2, -0.15) is 13.2 Å². The minimum Gasteiger partial charge on any atom is -0.296 e. The highest BCUT2D eigenvalue weighted by Crippen LogP contribution is 2.32. The maximum Gasteiger partial charge on any atom is 0.416 e. The topological polar surface area (TPSA) is 6.48 Å². The third-order valence-electron chi connectivity index (χ3n) is 3.03. The summed E-state index contributed by atoms with van der Waals surface area (Å²) in [5.41, 5.74) is -0.216. The molecule has 0 unspecified atom stereocenters. The molecule has 6 heteroatoms. The first-order chi connectivity index (χ1) is 8.47. The molecule has 0 aromatic heterocycles. The van der Waals surface area contributed by atoms with Gasteiger partial charge in [-0.25, -0.2) is 4.42 Å². The van der Waals surface area contributed by atoms with Gasteiger partial charge in [0.05, 0.1) is 5.56 Å². The molecule has 2 nitrogen and oxygen atoms in total. The van der Waals surface area contributed by atoms with Gasteiger partial charge in [0.1, 0.15) is 0 Å². The summed E-state index contributed by atoms with van der Waals surface area (Å²) in [6.45, 7) is 3.05. The van der Waals surface area contributed by atoms with E-state index in [1.165, 1.54) is 12.1 Å². The molecule has 0 saturated carbocycles. The molecule has 0 aliphatic carbocycles. The van der Waals surface area contributed by atoms with Gasteiger partial charge in [0, 0.05) is 32.7 Å². The van der Waals surface area contributed by atoms with Crippen LogP contribution in [-0.2, 0) is 12.7 Å². The van der Waals surface area contributed by atoms with E-state index in [9.17, 15) is 13.2 Å². The lowest BCUT2D eigenvalue weighted by molar-refractivity contribution is -0.138. The fraction of sp³-hybridized carbons (Fsp3) is 0.500. The zero-order valence-electron chi connectivity index (χ0n) is 9.75. The van der Waals surface area contributed by atoms with Gasteiger partial charge in [0.2, 0.25) is 0 Å². The van der Waals surface area contributed by atoms with Crippen LogP contribution in [0.1, 0.15) is 11.1 Å². The highest BCUT2D eigenvalue weighted by molar-refractivity contribution is 6.13. The van der Waals surface area contributed by atoms with E-state index in [4.69, 9.17) is 11.8 Å². The van der Waals surface area contributed by atoms with Crippen LogP contribution in [0.25, 0.3) is 0 Å². The van der Waals surface area contributed by atoms with Crippen LogP contribution in [0.15, 0.2) is 24.3 Å². The first kappa shape index (κ1) is 13.6. The number of hydrogen-bond donors (Lipinski definition) is 0. The van der Waals surface area contributed by atoms with Crippen molar-refractivity contribution in [3.8, 4) is 0 Å². The number of halogens is 4. The van der Waals surface area contributed by atoms with E-state index in [1.807, 2.05) is 4.90 Å². The van der Waals surface area contributed by atoms with Gasteiger partial charge in [0.25, 0.3) is 0 Å².